The highest BCUT2D eigenvalue weighted by Crippen LogP contribution is 2.30. The molecule has 0 saturated heterocycles. The van der Waals surface area contributed by atoms with Crippen molar-refractivity contribution in [1.29, 1.82) is 0 Å². The topological polar surface area (TPSA) is 24.9 Å². The van der Waals surface area contributed by atoms with Crippen molar-refractivity contribution in [3.63, 3.8) is 0 Å². The molecule has 0 amide bonds. The van der Waals surface area contributed by atoms with Gasteiger partial charge in [-0.15, -0.1) is 0 Å². The van der Waals surface area contributed by atoms with E-state index in [-0.39, 0.29) is 0 Å². The highest BCUT2D eigenvalue weighted by molar-refractivity contribution is 5.35. The highest BCUT2D eigenvalue weighted by Gasteiger charge is 2.27. The largest absolute Gasteiger partial charge is 0.367 e. The van der Waals surface area contributed by atoms with Gasteiger partial charge in [-0.1, -0.05) is 26.3 Å². The van der Waals surface area contributed by atoms with Gasteiger partial charge in [0.05, 0.1) is 0 Å². The molecule has 0 spiro atoms. The summed E-state index contributed by atoms with van der Waals surface area (Å²) in [6, 6.07) is 6.63. The smallest absolute Gasteiger partial charge is 0.126 e. The van der Waals surface area contributed by atoms with Crippen LogP contribution in [0.15, 0.2) is 24.4 Å². The Hall–Kier alpha value is -1.05. The van der Waals surface area contributed by atoms with E-state index in [4.69, 9.17) is 0 Å². The molecule has 1 aromatic heterocycles. The second-order valence-corrected chi connectivity index (χ2v) is 4.77. The molecule has 1 aliphatic carbocycles. The van der Waals surface area contributed by atoms with Crippen LogP contribution in [0.5, 0.6) is 0 Å². The van der Waals surface area contributed by atoms with Crippen LogP contribution in [0.1, 0.15) is 33.1 Å². The van der Waals surface area contributed by atoms with Crippen molar-refractivity contribution in [1.82, 2.24) is 4.98 Å². The van der Waals surface area contributed by atoms with Crippen LogP contribution in [-0.2, 0) is 0 Å². The summed E-state index contributed by atoms with van der Waals surface area (Å²) >= 11 is 0. The molecule has 1 N–H and O–H groups in total. The zero-order valence-electron chi connectivity index (χ0n) is 9.61. The van der Waals surface area contributed by atoms with Gasteiger partial charge in [-0.25, -0.2) is 4.98 Å². The van der Waals surface area contributed by atoms with E-state index in [0.29, 0.717) is 6.04 Å². The first-order valence-corrected chi connectivity index (χ1v) is 5.95. The number of rotatable bonds is 2. The monoisotopic (exact) mass is 204 g/mol. The van der Waals surface area contributed by atoms with Gasteiger partial charge in [-0.2, -0.15) is 0 Å². The Morgan fingerprint density at radius 2 is 1.93 bits per heavy atom. The molecule has 0 aromatic carbocycles. The average Bonchev–Trinajstić information content (AvgIpc) is 2.25. The van der Waals surface area contributed by atoms with Crippen LogP contribution >= 0.6 is 0 Å². The van der Waals surface area contributed by atoms with Gasteiger partial charge in [0.2, 0.25) is 0 Å². The van der Waals surface area contributed by atoms with Gasteiger partial charge in [0.25, 0.3) is 0 Å². The molecule has 2 nitrogen and oxygen atoms in total. The average molecular weight is 204 g/mol. The van der Waals surface area contributed by atoms with E-state index >= 15 is 0 Å². The van der Waals surface area contributed by atoms with E-state index in [1.807, 2.05) is 24.4 Å². The molecule has 2 unspecified atom stereocenters. The highest BCUT2D eigenvalue weighted by atomic mass is 15.0. The van der Waals surface area contributed by atoms with Crippen LogP contribution in [0.3, 0.4) is 0 Å². The van der Waals surface area contributed by atoms with Gasteiger partial charge in [-0.3, -0.25) is 0 Å². The van der Waals surface area contributed by atoms with E-state index in [2.05, 4.69) is 24.1 Å². The fourth-order valence-electron chi connectivity index (χ4n) is 2.59. The maximum atomic E-state index is 4.33. The third-order valence-corrected chi connectivity index (χ3v) is 3.52. The summed E-state index contributed by atoms with van der Waals surface area (Å²) in [6.07, 6.45) is 5.91. The van der Waals surface area contributed by atoms with Crippen LogP contribution < -0.4 is 5.32 Å². The zero-order valence-corrected chi connectivity index (χ0v) is 9.61. The molecule has 82 valence electrons. The molecule has 0 radical (unpaired) electrons. The van der Waals surface area contributed by atoms with Crippen molar-refractivity contribution in [2.24, 2.45) is 11.8 Å². The fourth-order valence-corrected chi connectivity index (χ4v) is 2.59. The lowest BCUT2D eigenvalue weighted by Gasteiger charge is -2.35. The van der Waals surface area contributed by atoms with Crippen molar-refractivity contribution in [3.05, 3.63) is 24.4 Å². The number of anilines is 1. The van der Waals surface area contributed by atoms with Crippen LogP contribution in [0.2, 0.25) is 0 Å². The van der Waals surface area contributed by atoms with Gasteiger partial charge in [-0.05, 0) is 36.8 Å². The van der Waals surface area contributed by atoms with E-state index in [9.17, 15) is 0 Å². The normalized spacial score (nSPS) is 31.2. The van der Waals surface area contributed by atoms with Crippen LogP contribution in [-0.4, -0.2) is 11.0 Å². The summed E-state index contributed by atoms with van der Waals surface area (Å²) in [7, 11) is 0. The van der Waals surface area contributed by atoms with Crippen LogP contribution in [0, 0.1) is 11.8 Å². The number of hydrogen-bond donors (Lipinski definition) is 1. The van der Waals surface area contributed by atoms with E-state index < -0.39 is 0 Å². The summed E-state index contributed by atoms with van der Waals surface area (Å²) in [5.41, 5.74) is 0. The Bertz CT molecular complexity index is 287. The Morgan fingerprint density at radius 3 is 2.53 bits per heavy atom. The minimum atomic E-state index is 0.591. The molecule has 1 fully saturated rings. The predicted molar refractivity (Wildman–Crippen MR) is 63.8 cm³/mol. The van der Waals surface area contributed by atoms with Crippen molar-refractivity contribution in [3.8, 4) is 0 Å². The molecule has 0 bridgehead atoms. The first-order chi connectivity index (χ1) is 7.27. The quantitative estimate of drug-likeness (QED) is 0.799. The Balaban J connectivity index is 2.03. The Kier molecular flexibility index (Phi) is 3.24. The number of nitrogens with zero attached hydrogens (tertiary/aromatic N) is 1. The second-order valence-electron chi connectivity index (χ2n) is 4.77. The molecule has 2 heteroatoms. The van der Waals surface area contributed by atoms with Gasteiger partial charge >= 0.3 is 0 Å². The molecule has 15 heavy (non-hydrogen) atoms. The summed E-state index contributed by atoms with van der Waals surface area (Å²) in [5, 5.41) is 3.57. The fraction of sp³-hybridized carbons (Fsp3) is 0.615. The van der Waals surface area contributed by atoms with E-state index in [1.54, 1.807) is 0 Å². The molecular weight excluding hydrogens is 184 g/mol. The molecule has 1 saturated carbocycles. The molecule has 2 rings (SSSR count). The summed E-state index contributed by atoms with van der Waals surface area (Å²) < 4.78 is 0. The molecule has 0 aliphatic heterocycles. The van der Waals surface area contributed by atoms with Gasteiger partial charge in [0, 0.05) is 12.2 Å². The van der Waals surface area contributed by atoms with Crippen molar-refractivity contribution in [2.75, 3.05) is 5.32 Å². The summed E-state index contributed by atoms with van der Waals surface area (Å²) in [6.45, 7) is 4.69. The lowest BCUT2D eigenvalue weighted by atomic mass is 9.79. The first kappa shape index (κ1) is 10.5. The zero-order chi connectivity index (χ0) is 10.7. The lowest BCUT2D eigenvalue weighted by Crippen LogP contribution is -2.37. The number of hydrogen-bond acceptors (Lipinski definition) is 2. The van der Waals surface area contributed by atoms with E-state index in [0.717, 1.165) is 17.7 Å². The van der Waals surface area contributed by atoms with Gasteiger partial charge in [0.1, 0.15) is 5.82 Å². The van der Waals surface area contributed by atoms with Crippen LogP contribution in [0.4, 0.5) is 5.82 Å². The molecule has 1 aromatic rings. The summed E-state index contributed by atoms with van der Waals surface area (Å²) in [4.78, 5) is 4.33. The third kappa shape index (κ3) is 2.49. The number of nitrogens with one attached hydrogen (secondary N) is 1. The first-order valence-electron chi connectivity index (χ1n) is 5.95. The Labute approximate surface area is 92.1 Å². The number of aromatic nitrogens is 1. The predicted octanol–water partition coefficient (Wildman–Crippen LogP) is 3.32. The maximum absolute atomic E-state index is 4.33. The molecular formula is C13H20N2. The molecule has 1 heterocycles. The minimum Gasteiger partial charge on any atom is -0.367 e. The van der Waals surface area contributed by atoms with Gasteiger partial charge < -0.3 is 5.32 Å². The van der Waals surface area contributed by atoms with E-state index in [1.165, 1.54) is 19.3 Å². The molecule has 1 aliphatic rings. The van der Waals surface area contributed by atoms with Gasteiger partial charge in [0.15, 0.2) is 0 Å². The van der Waals surface area contributed by atoms with Crippen molar-refractivity contribution in [2.45, 2.75) is 39.2 Å². The van der Waals surface area contributed by atoms with Crippen molar-refractivity contribution < 1.29 is 0 Å². The minimum absolute atomic E-state index is 0.591. The maximum Gasteiger partial charge on any atom is 0.126 e. The second kappa shape index (κ2) is 4.65. The SMILES string of the molecule is CC1CCCC(C)C1Nc1ccccn1. The number of pyridine rings is 1. The molecule has 2 atom stereocenters. The Morgan fingerprint density at radius 1 is 1.20 bits per heavy atom. The third-order valence-electron chi connectivity index (χ3n) is 3.52. The standard InChI is InChI=1S/C13H20N2/c1-10-6-5-7-11(2)13(10)15-12-8-3-4-9-14-12/h3-4,8-11,13H,5-7H2,1-2H3,(H,14,15). The summed E-state index contributed by atoms with van der Waals surface area (Å²) in [5.74, 6) is 2.54. The van der Waals surface area contributed by atoms with Crippen molar-refractivity contribution >= 4 is 5.82 Å². The van der Waals surface area contributed by atoms with Crippen LogP contribution in [0.25, 0.3) is 0 Å². The lowest BCUT2D eigenvalue weighted by molar-refractivity contribution is 0.267.